The highest BCUT2D eigenvalue weighted by molar-refractivity contribution is 6.04. The summed E-state index contributed by atoms with van der Waals surface area (Å²) in [4.78, 5) is 29.4. The lowest BCUT2D eigenvalue weighted by Gasteiger charge is -2.34. The molecule has 30 heavy (non-hydrogen) atoms. The third kappa shape index (κ3) is 5.93. The van der Waals surface area contributed by atoms with E-state index in [0.29, 0.717) is 42.2 Å². The van der Waals surface area contributed by atoms with Gasteiger partial charge in [0.2, 0.25) is 5.91 Å². The number of likely N-dealkylation sites (tertiary alicyclic amines) is 1. The summed E-state index contributed by atoms with van der Waals surface area (Å²) in [6.07, 6.45) is 3.66. The second-order valence-electron chi connectivity index (χ2n) is 8.10. The summed E-state index contributed by atoms with van der Waals surface area (Å²) in [7, 11) is 1.73. The Morgan fingerprint density at radius 1 is 1.17 bits per heavy atom. The van der Waals surface area contributed by atoms with E-state index in [9.17, 15) is 9.59 Å². The minimum absolute atomic E-state index is 0.0171. The largest absolute Gasteiger partial charge is 0.467 e. The van der Waals surface area contributed by atoms with Gasteiger partial charge in [0.15, 0.2) is 0 Å². The zero-order valence-corrected chi connectivity index (χ0v) is 18.1. The number of likely N-dealkylation sites (N-methyl/N-ethyl adjacent to an activating group) is 1. The Hall–Kier alpha value is -2.64. The number of benzene rings is 1. The molecular weight excluding hydrogens is 380 g/mol. The SMILES string of the molecule is CC(C)NC1CCN(CC(=O)N(C)c2ccccc2C(=O)NCc2ccco2)CC1. The maximum atomic E-state index is 12.9. The molecule has 1 aliphatic heterocycles. The van der Waals surface area contributed by atoms with Crippen LogP contribution in [0.15, 0.2) is 47.1 Å². The monoisotopic (exact) mass is 412 g/mol. The van der Waals surface area contributed by atoms with Crippen LogP contribution in [0.5, 0.6) is 0 Å². The molecule has 2 amide bonds. The van der Waals surface area contributed by atoms with E-state index in [4.69, 9.17) is 4.42 Å². The van der Waals surface area contributed by atoms with Gasteiger partial charge < -0.3 is 20.0 Å². The maximum absolute atomic E-state index is 12.9. The van der Waals surface area contributed by atoms with E-state index in [-0.39, 0.29) is 11.8 Å². The quantitative estimate of drug-likeness (QED) is 0.697. The van der Waals surface area contributed by atoms with Gasteiger partial charge in [0, 0.05) is 32.2 Å². The number of hydrogen-bond acceptors (Lipinski definition) is 5. The van der Waals surface area contributed by atoms with Crippen LogP contribution in [-0.2, 0) is 11.3 Å². The molecule has 0 radical (unpaired) electrons. The van der Waals surface area contributed by atoms with Crippen LogP contribution >= 0.6 is 0 Å². The van der Waals surface area contributed by atoms with Gasteiger partial charge in [0.25, 0.3) is 5.91 Å². The Morgan fingerprint density at radius 3 is 2.57 bits per heavy atom. The zero-order valence-electron chi connectivity index (χ0n) is 18.1. The molecular formula is C23H32N4O3. The van der Waals surface area contributed by atoms with Crippen LogP contribution < -0.4 is 15.5 Å². The molecule has 162 valence electrons. The molecule has 0 bridgehead atoms. The van der Waals surface area contributed by atoms with Crippen molar-refractivity contribution >= 4 is 17.5 Å². The van der Waals surface area contributed by atoms with E-state index >= 15 is 0 Å². The summed E-state index contributed by atoms with van der Waals surface area (Å²) in [6.45, 7) is 6.77. The Kier molecular flexibility index (Phi) is 7.65. The molecule has 1 aliphatic rings. The first-order valence-electron chi connectivity index (χ1n) is 10.6. The molecule has 1 aromatic carbocycles. The van der Waals surface area contributed by atoms with Gasteiger partial charge in [-0.05, 0) is 37.1 Å². The topological polar surface area (TPSA) is 77.8 Å². The Labute approximate surface area is 178 Å². The number of hydrogen-bond donors (Lipinski definition) is 2. The van der Waals surface area contributed by atoms with E-state index in [1.807, 2.05) is 12.1 Å². The molecule has 0 spiro atoms. The van der Waals surface area contributed by atoms with Gasteiger partial charge in [-0.2, -0.15) is 0 Å². The highest BCUT2D eigenvalue weighted by Gasteiger charge is 2.24. The van der Waals surface area contributed by atoms with E-state index in [2.05, 4.69) is 29.4 Å². The number of amides is 2. The van der Waals surface area contributed by atoms with Crippen LogP contribution in [0.2, 0.25) is 0 Å². The number of piperidine rings is 1. The fraction of sp³-hybridized carbons (Fsp3) is 0.478. The van der Waals surface area contributed by atoms with Crippen LogP contribution in [0.1, 0.15) is 42.8 Å². The summed E-state index contributed by atoms with van der Waals surface area (Å²) >= 11 is 0. The van der Waals surface area contributed by atoms with Crippen molar-refractivity contribution in [2.45, 2.75) is 45.3 Å². The van der Waals surface area contributed by atoms with Gasteiger partial charge >= 0.3 is 0 Å². The number of carbonyl (C=O) groups is 2. The fourth-order valence-electron chi connectivity index (χ4n) is 3.79. The Balaban J connectivity index is 1.57. The smallest absolute Gasteiger partial charge is 0.253 e. The first kappa shape index (κ1) is 22.1. The molecule has 2 aromatic rings. The van der Waals surface area contributed by atoms with E-state index in [1.165, 1.54) is 0 Å². The minimum atomic E-state index is -0.234. The normalized spacial score (nSPS) is 15.3. The fourth-order valence-corrected chi connectivity index (χ4v) is 3.79. The highest BCUT2D eigenvalue weighted by atomic mass is 16.3. The maximum Gasteiger partial charge on any atom is 0.253 e. The van der Waals surface area contributed by atoms with Crippen LogP contribution in [0, 0.1) is 0 Å². The van der Waals surface area contributed by atoms with Crippen molar-refractivity contribution in [3.8, 4) is 0 Å². The lowest BCUT2D eigenvalue weighted by Crippen LogP contribution is -2.47. The van der Waals surface area contributed by atoms with Gasteiger partial charge in [-0.1, -0.05) is 26.0 Å². The molecule has 1 aromatic heterocycles. The van der Waals surface area contributed by atoms with Crippen LogP contribution in [0.4, 0.5) is 5.69 Å². The molecule has 3 rings (SSSR count). The summed E-state index contributed by atoms with van der Waals surface area (Å²) in [6, 6.07) is 11.8. The molecule has 2 heterocycles. The second-order valence-corrected chi connectivity index (χ2v) is 8.10. The molecule has 0 saturated carbocycles. The van der Waals surface area contributed by atoms with Crippen molar-refractivity contribution in [1.29, 1.82) is 0 Å². The standard InChI is InChI=1S/C23H32N4O3/c1-17(2)25-18-10-12-27(13-11-18)16-22(28)26(3)21-9-5-4-8-20(21)23(29)24-15-19-7-6-14-30-19/h4-9,14,17-18,25H,10-13,15-16H2,1-3H3,(H,24,29). The Bertz CT molecular complexity index is 827. The number of carbonyl (C=O) groups excluding carboxylic acids is 2. The summed E-state index contributed by atoms with van der Waals surface area (Å²) in [5.74, 6) is 0.430. The number of nitrogens with zero attached hydrogens (tertiary/aromatic N) is 2. The average Bonchev–Trinajstić information content (AvgIpc) is 3.26. The summed E-state index contributed by atoms with van der Waals surface area (Å²) in [5, 5.41) is 6.42. The first-order chi connectivity index (χ1) is 14.4. The van der Waals surface area contributed by atoms with E-state index in [1.54, 1.807) is 42.5 Å². The van der Waals surface area contributed by atoms with Crippen molar-refractivity contribution in [1.82, 2.24) is 15.5 Å². The minimum Gasteiger partial charge on any atom is -0.467 e. The lowest BCUT2D eigenvalue weighted by molar-refractivity contribution is -0.119. The third-order valence-electron chi connectivity index (χ3n) is 5.40. The number of rotatable bonds is 8. The van der Waals surface area contributed by atoms with Crippen LogP contribution in [0.25, 0.3) is 0 Å². The predicted octanol–water partition coefficient (Wildman–Crippen LogP) is 2.63. The van der Waals surface area contributed by atoms with E-state index in [0.717, 1.165) is 25.9 Å². The van der Waals surface area contributed by atoms with Crippen molar-refractivity contribution in [3.63, 3.8) is 0 Å². The molecule has 0 atom stereocenters. The van der Waals surface area contributed by atoms with E-state index < -0.39 is 0 Å². The van der Waals surface area contributed by atoms with Gasteiger partial charge in [0.1, 0.15) is 5.76 Å². The van der Waals surface area contributed by atoms with Crippen molar-refractivity contribution in [3.05, 3.63) is 54.0 Å². The molecule has 2 N–H and O–H groups in total. The molecule has 7 nitrogen and oxygen atoms in total. The predicted molar refractivity (Wildman–Crippen MR) is 117 cm³/mol. The number of nitrogens with one attached hydrogen (secondary N) is 2. The molecule has 1 fully saturated rings. The van der Waals surface area contributed by atoms with Crippen molar-refractivity contribution < 1.29 is 14.0 Å². The van der Waals surface area contributed by atoms with Gasteiger partial charge in [-0.15, -0.1) is 0 Å². The second kappa shape index (κ2) is 10.4. The zero-order chi connectivity index (χ0) is 21.5. The van der Waals surface area contributed by atoms with Gasteiger partial charge in [-0.25, -0.2) is 0 Å². The molecule has 1 saturated heterocycles. The molecule has 0 aliphatic carbocycles. The molecule has 7 heteroatoms. The van der Waals surface area contributed by atoms with Crippen LogP contribution in [-0.4, -0.2) is 55.5 Å². The summed E-state index contributed by atoms with van der Waals surface area (Å²) < 4.78 is 5.26. The highest BCUT2D eigenvalue weighted by Crippen LogP contribution is 2.20. The van der Waals surface area contributed by atoms with Gasteiger partial charge in [-0.3, -0.25) is 14.5 Å². The first-order valence-corrected chi connectivity index (χ1v) is 10.6. The summed E-state index contributed by atoms with van der Waals surface area (Å²) in [5.41, 5.74) is 1.08. The lowest BCUT2D eigenvalue weighted by atomic mass is 10.0. The number of furan rings is 1. The average molecular weight is 413 g/mol. The third-order valence-corrected chi connectivity index (χ3v) is 5.40. The van der Waals surface area contributed by atoms with Crippen molar-refractivity contribution in [2.75, 3.05) is 31.6 Å². The number of anilines is 1. The van der Waals surface area contributed by atoms with Crippen LogP contribution in [0.3, 0.4) is 0 Å². The molecule has 0 unspecified atom stereocenters. The Morgan fingerprint density at radius 2 is 1.90 bits per heavy atom. The van der Waals surface area contributed by atoms with Crippen molar-refractivity contribution in [2.24, 2.45) is 0 Å². The van der Waals surface area contributed by atoms with Gasteiger partial charge in [0.05, 0.1) is 30.6 Å². The number of para-hydroxylation sites is 1.